The van der Waals surface area contributed by atoms with E-state index in [1.54, 1.807) is 26.2 Å². The van der Waals surface area contributed by atoms with E-state index in [1.807, 2.05) is 13.0 Å². The van der Waals surface area contributed by atoms with Crippen LogP contribution in [0.15, 0.2) is 27.3 Å². The third kappa shape index (κ3) is 2.85. The Kier molecular flexibility index (Phi) is 4.44. The van der Waals surface area contributed by atoms with Crippen LogP contribution in [-0.4, -0.2) is 25.4 Å². The lowest BCUT2D eigenvalue weighted by Crippen LogP contribution is -2.02. The molecular formula is C14H14BrNO4. The normalized spacial score (nSPS) is 16.1. The number of nitrogens with zero attached hydrogens (tertiary/aromatic N) is 1. The van der Waals surface area contributed by atoms with Gasteiger partial charge in [-0.15, -0.1) is 0 Å². The van der Waals surface area contributed by atoms with Gasteiger partial charge >= 0.3 is 5.97 Å². The van der Waals surface area contributed by atoms with Gasteiger partial charge in [-0.25, -0.2) is 4.79 Å². The SMILES string of the molecule is CCOc1c(Br)cc(/C=C2/C(=O)ON=C2C)cc1OC. The van der Waals surface area contributed by atoms with Crippen molar-refractivity contribution in [1.29, 1.82) is 0 Å². The Hall–Kier alpha value is -1.82. The van der Waals surface area contributed by atoms with E-state index in [4.69, 9.17) is 9.47 Å². The molecule has 0 saturated heterocycles. The molecule has 0 unspecified atom stereocenters. The van der Waals surface area contributed by atoms with Crippen molar-refractivity contribution >= 4 is 33.7 Å². The Morgan fingerprint density at radius 3 is 2.75 bits per heavy atom. The minimum absolute atomic E-state index is 0.433. The van der Waals surface area contributed by atoms with Crippen molar-refractivity contribution in [3.8, 4) is 11.5 Å². The number of rotatable bonds is 4. The van der Waals surface area contributed by atoms with Crippen LogP contribution in [-0.2, 0) is 9.63 Å². The number of oxime groups is 1. The fourth-order valence-electron chi connectivity index (χ4n) is 1.79. The number of ether oxygens (including phenoxy) is 2. The number of hydrogen-bond donors (Lipinski definition) is 0. The minimum atomic E-state index is -0.452. The molecule has 2 rings (SSSR count). The highest BCUT2D eigenvalue weighted by molar-refractivity contribution is 9.10. The molecule has 0 aliphatic carbocycles. The fraction of sp³-hybridized carbons (Fsp3) is 0.286. The van der Waals surface area contributed by atoms with Crippen LogP contribution < -0.4 is 9.47 Å². The molecule has 1 aromatic rings. The largest absolute Gasteiger partial charge is 0.493 e. The maximum atomic E-state index is 11.5. The molecule has 1 heterocycles. The second-order valence-corrected chi connectivity index (χ2v) is 4.93. The lowest BCUT2D eigenvalue weighted by Gasteiger charge is -2.12. The molecule has 6 heteroatoms. The summed E-state index contributed by atoms with van der Waals surface area (Å²) in [5.41, 5.74) is 1.78. The molecule has 1 aliphatic rings. The van der Waals surface area contributed by atoms with E-state index in [1.165, 1.54) is 0 Å². The van der Waals surface area contributed by atoms with E-state index >= 15 is 0 Å². The van der Waals surface area contributed by atoms with E-state index in [0.717, 1.165) is 10.0 Å². The quantitative estimate of drug-likeness (QED) is 0.624. The van der Waals surface area contributed by atoms with Crippen molar-refractivity contribution in [2.75, 3.05) is 13.7 Å². The van der Waals surface area contributed by atoms with Crippen LogP contribution in [0.1, 0.15) is 19.4 Å². The highest BCUT2D eigenvalue weighted by Gasteiger charge is 2.22. The highest BCUT2D eigenvalue weighted by Crippen LogP contribution is 2.37. The number of carbonyl (C=O) groups excluding carboxylic acids is 1. The zero-order valence-corrected chi connectivity index (χ0v) is 13.0. The van der Waals surface area contributed by atoms with Gasteiger partial charge in [0.05, 0.1) is 29.5 Å². The fourth-order valence-corrected chi connectivity index (χ4v) is 2.37. The van der Waals surface area contributed by atoms with Crippen LogP contribution in [0.5, 0.6) is 11.5 Å². The van der Waals surface area contributed by atoms with Crippen molar-refractivity contribution in [2.24, 2.45) is 5.16 Å². The third-order valence-electron chi connectivity index (χ3n) is 2.73. The van der Waals surface area contributed by atoms with Gasteiger partial charge in [0.15, 0.2) is 11.5 Å². The monoisotopic (exact) mass is 339 g/mol. The van der Waals surface area contributed by atoms with Crippen LogP contribution >= 0.6 is 15.9 Å². The number of halogens is 1. The molecule has 0 spiro atoms. The van der Waals surface area contributed by atoms with E-state index in [9.17, 15) is 4.79 Å². The van der Waals surface area contributed by atoms with Crippen molar-refractivity contribution in [3.63, 3.8) is 0 Å². The van der Waals surface area contributed by atoms with E-state index in [0.29, 0.717) is 29.4 Å². The summed E-state index contributed by atoms with van der Waals surface area (Å²) >= 11 is 3.44. The first kappa shape index (κ1) is 14.6. The molecule has 20 heavy (non-hydrogen) atoms. The van der Waals surface area contributed by atoms with Crippen LogP contribution in [0.2, 0.25) is 0 Å². The second-order valence-electron chi connectivity index (χ2n) is 4.08. The van der Waals surface area contributed by atoms with E-state index in [-0.39, 0.29) is 0 Å². The molecule has 5 nitrogen and oxygen atoms in total. The van der Waals surface area contributed by atoms with Gasteiger partial charge in [-0.2, -0.15) is 0 Å². The zero-order valence-electron chi connectivity index (χ0n) is 11.4. The van der Waals surface area contributed by atoms with Gasteiger partial charge in [-0.3, -0.25) is 0 Å². The molecule has 0 N–H and O–H groups in total. The van der Waals surface area contributed by atoms with Crippen molar-refractivity contribution in [3.05, 3.63) is 27.7 Å². The number of benzene rings is 1. The number of methoxy groups -OCH3 is 1. The Bertz CT molecular complexity index is 607. The Labute approximate surface area is 125 Å². The van der Waals surface area contributed by atoms with Crippen molar-refractivity contribution in [1.82, 2.24) is 0 Å². The predicted molar refractivity (Wildman–Crippen MR) is 79.0 cm³/mol. The summed E-state index contributed by atoms with van der Waals surface area (Å²) in [5, 5.41) is 3.64. The Morgan fingerprint density at radius 1 is 1.45 bits per heavy atom. The van der Waals surface area contributed by atoms with Gasteiger partial charge in [0.1, 0.15) is 0 Å². The molecule has 0 radical (unpaired) electrons. The zero-order chi connectivity index (χ0) is 14.7. The summed E-state index contributed by atoms with van der Waals surface area (Å²) < 4.78 is 11.6. The molecule has 106 valence electrons. The second kappa shape index (κ2) is 6.09. The lowest BCUT2D eigenvalue weighted by molar-refractivity contribution is -0.136. The van der Waals surface area contributed by atoms with Gasteiger partial charge in [0.2, 0.25) is 0 Å². The summed E-state index contributed by atoms with van der Waals surface area (Å²) in [6.45, 7) is 4.15. The molecule has 0 saturated carbocycles. The highest BCUT2D eigenvalue weighted by atomic mass is 79.9. The van der Waals surface area contributed by atoms with Crippen LogP contribution in [0.3, 0.4) is 0 Å². The standard InChI is InChI=1S/C14H14BrNO4/c1-4-19-13-11(15)6-9(7-12(13)18-3)5-10-8(2)16-20-14(10)17/h5-7H,4H2,1-3H3/b10-5+. The maximum absolute atomic E-state index is 11.5. The van der Waals surface area contributed by atoms with Crippen LogP contribution in [0, 0.1) is 0 Å². The molecule has 0 fully saturated rings. The maximum Gasteiger partial charge on any atom is 0.367 e. The summed E-state index contributed by atoms with van der Waals surface area (Å²) in [6, 6.07) is 3.64. The van der Waals surface area contributed by atoms with Gasteiger partial charge in [-0.05, 0) is 53.5 Å². The van der Waals surface area contributed by atoms with Crippen molar-refractivity contribution < 1.29 is 19.1 Å². The Morgan fingerprint density at radius 2 is 2.20 bits per heavy atom. The van der Waals surface area contributed by atoms with Gasteiger partial charge in [-0.1, -0.05) is 5.16 Å². The molecule has 0 bridgehead atoms. The average molecular weight is 340 g/mol. The van der Waals surface area contributed by atoms with Crippen molar-refractivity contribution in [2.45, 2.75) is 13.8 Å². The first-order valence-electron chi connectivity index (χ1n) is 6.05. The molecule has 1 aliphatic heterocycles. The lowest BCUT2D eigenvalue weighted by atomic mass is 10.1. The van der Waals surface area contributed by atoms with Crippen LogP contribution in [0.4, 0.5) is 0 Å². The van der Waals surface area contributed by atoms with E-state index < -0.39 is 5.97 Å². The number of carbonyl (C=O) groups is 1. The van der Waals surface area contributed by atoms with Gasteiger partial charge < -0.3 is 14.3 Å². The number of hydrogen-bond acceptors (Lipinski definition) is 5. The first-order chi connectivity index (χ1) is 9.56. The van der Waals surface area contributed by atoms with Gasteiger partial charge in [0.25, 0.3) is 0 Å². The molecule has 0 atom stereocenters. The summed E-state index contributed by atoms with van der Waals surface area (Å²) in [5.74, 6) is 0.775. The molecule has 0 aromatic heterocycles. The molecule has 0 amide bonds. The first-order valence-corrected chi connectivity index (χ1v) is 6.84. The Balaban J connectivity index is 2.44. The molecular weight excluding hydrogens is 326 g/mol. The summed E-state index contributed by atoms with van der Waals surface area (Å²) in [6.07, 6.45) is 1.71. The summed E-state index contributed by atoms with van der Waals surface area (Å²) in [7, 11) is 1.57. The predicted octanol–water partition coefficient (Wildman–Crippen LogP) is 3.17. The van der Waals surface area contributed by atoms with E-state index in [2.05, 4.69) is 25.9 Å². The smallest absolute Gasteiger partial charge is 0.367 e. The average Bonchev–Trinajstić information content (AvgIpc) is 2.73. The molecule has 1 aromatic carbocycles. The van der Waals surface area contributed by atoms with Gasteiger partial charge in [0, 0.05) is 0 Å². The van der Waals surface area contributed by atoms with Crippen LogP contribution in [0.25, 0.3) is 6.08 Å². The topological polar surface area (TPSA) is 57.1 Å². The summed E-state index contributed by atoms with van der Waals surface area (Å²) in [4.78, 5) is 16.1. The third-order valence-corrected chi connectivity index (χ3v) is 3.32. The minimum Gasteiger partial charge on any atom is -0.493 e.